The minimum Gasteiger partial charge on any atom is -0.488 e. The number of hydrogen-bond acceptors (Lipinski definition) is 4. The quantitative estimate of drug-likeness (QED) is 0.254. The van der Waals surface area contributed by atoms with E-state index in [0.717, 1.165) is 9.13 Å². The number of carbonyl (C=O) groups is 2. The van der Waals surface area contributed by atoms with E-state index < -0.39 is 11.9 Å². The lowest BCUT2D eigenvalue weighted by Crippen LogP contribution is -2.14. The maximum atomic E-state index is 12.5. The summed E-state index contributed by atoms with van der Waals surface area (Å²) in [7, 11) is 0. The Hall–Kier alpha value is -3.64. The molecule has 0 unspecified atom stereocenters. The van der Waals surface area contributed by atoms with Gasteiger partial charge in [0.1, 0.15) is 24.0 Å². The molecular formula is C24H17IN2O4. The van der Waals surface area contributed by atoms with Crippen LogP contribution in [0.5, 0.6) is 5.75 Å². The summed E-state index contributed by atoms with van der Waals surface area (Å²) in [6.45, 7) is 0.438. The molecule has 0 saturated carbocycles. The molecule has 0 heterocycles. The van der Waals surface area contributed by atoms with Gasteiger partial charge in [0, 0.05) is 5.69 Å². The Morgan fingerprint density at radius 2 is 1.84 bits per heavy atom. The highest BCUT2D eigenvalue weighted by Gasteiger charge is 2.12. The zero-order valence-corrected chi connectivity index (χ0v) is 18.4. The smallest absolute Gasteiger partial charge is 0.335 e. The number of anilines is 1. The fraction of sp³-hybridized carbons (Fsp3) is 0.0417. The summed E-state index contributed by atoms with van der Waals surface area (Å²) in [6, 6.07) is 22.9. The first-order chi connectivity index (χ1) is 15.0. The van der Waals surface area contributed by atoms with E-state index >= 15 is 0 Å². The van der Waals surface area contributed by atoms with E-state index in [9.17, 15) is 14.9 Å². The molecule has 0 aromatic heterocycles. The largest absolute Gasteiger partial charge is 0.488 e. The van der Waals surface area contributed by atoms with Gasteiger partial charge in [0.25, 0.3) is 5.91 Å². The van der Waals surface area contributed by atoms with Gasteiger partial charge in [-0.3, -0.25) is 4.79 Å². The number of nitrogens with one attached hydrogen (secondary N) is 1. The van der Waals surface area contributed by atoms with Crippen molar-refractivity contribution in [1.29, 1.82) is 5.26 Å². The summed E-state index contributed by atoms with van der Waals surface area (Å²) >= 11 is 2.14. The van der Waals surface area contributed by atoms with Crippen molar-refractivity contribution >= 4 is 46.2 Å². The molecule has 0 aliphatic carbocycles. The topological polar surface area (TPSA) is 99.4 Å². The predicted molar refractivity (Wildman–Crippen MR) is 126 cm³/mol. The van der Waals surface area contributed by atoms with Crippen LogP contribution in [0.1, 0.15) is 21.5 Å². The van der Waals surface area contributed by atoms with Gasteiger partial charge in [-0.2, -0.15) is 5.26 Å². The fourth-order valence-corrected chi connectivity index (χ4v) is 3.40. The summed E-state index contributed by atoms with van der Waals surface area (Å²) in [6.07, 6.45) is 1.47. The monoisotopic (exact) mass is 524 g/mol. The van der Waals surface area contributed by atoms with Gasteiger partial charge >= 0.3 is 5.97 Å². The van der Waals surface area contributed by atoms with E-state index in [1.807, 2.05) is 42.5 Å². The van der Waals surface area contributed by atoms with Crippen LogP contribution >= 0.6 is 22.6 Å². The number of ether oxygens (including phenoxy) is 1. The van der Waals surface area contributed by atoms with Crippen LogP contribution in [-0.4, -0.2) is 17.0 Å². The first-order valence-electron chi connectivity index (χ1n) is 9.19. The minimum absolute atomic E-state index is 0.0425. The molecule has 6 nitrogen and oxygen atoms in total. The maximum Gasteiger partial charge on any atom is 0.335 e. The third kappa shape index (κ3) is 6.17. The Labute approximate surface area is 192 Å². The van der Waals surface area contributed by atoms with Gasteiger partial charge in [0.15, 0.2) is 0 Å². The highest BCUT2D eigenvalue weighted by molar-refractivity contribution is 14.1. The van der Waals surface area contributed by atoms with Crippen molar-refractivity contribution in [2.24, 2.45) is 0 Å². The van der Waals surface area contributed by atoms with Crippen LogP contribution in [0.15, 0.2) is 78.4 Å². The summed E-state index contributed by atoms with van der Waals surface area (Å²) < 4.78 is 6.69. The van der Waals surface area contributed by atoms with E-state index in [0.29, 0.717) is 23.6 Å². The van der Waals surface area contributed by atoms with Gasteiger partial charge in [-0.15, -0.1) is 0 Å². The first-order valence-corrected chi connectivity index (χ1v) is 10.3. The predicted octanol–water partition coefficient (Wildman–Crippen LogP) is 5.11. The molecule has 0 fully saturated rings. The summed E-state index contributed by atoms with van der Waals surface area (Å²) in [5, 5.41) is 21.0. The molecule has 0 radical (unpaired) electrons. The normalized spacial score (nSPS) is 10.8. The van der Waals surface area contributed by atoms with E-state index in [-0.39, 0.29) is 11.1 Å². The van der Waals surface area contributed by atoms with Crippen LogP contribution in [0.3, 0.4) is 0 Å². The summed E-state index contributed by atoms with van der Waals surface area (Å²) in [4.78, 5) is 23.5. The van der Waals surface area contributed by atoms with E-state index in [1.165, 1.54) is 24.3 Å². The van der Waals surface area contributed by atoms with Crippen molar-refractivity contribution in [2.45, 2.75) is 6.61 Å². The van der Waals surface area contributed by atoms with Crippen LogP contribution in [0.4, 0.5) is 5.69 Å². The number of nitrogens with zero attached hydrogens (tertiary/aromatic N) is 1. The molecule has 3 aromatic carbocycles. The first kappa shape index (κ1) is 22.1. The molecule has 7 heteroatoms. The third-order valence-electron chi connectivity index (χ3n) is 4.24. The van der Waals surface area contributed by atoms with Crippen molar-refractivity contribution in [2.75, 3.05) is 5.32 Å². The molecule has 3 rings (SSSR count). The molecule has 154 valence electrons. The number of amides is 1. The summed E-state index contributed by atoms with van der Waals surface area (Å²) in [5.74, 6) is -1.02. The molecule has 0 saturated heterocycles. The molecule has 0 bridgehead atoms. The Kier molecular flexibility index (Phi) is 7.40. The maximum absolute atomic E-state index is 12.5. The standard InChI is InChI=1S/C24H17IN2O4/c25-21-12-17(9-10-22(21)31-15-16-5-2-1-3-6-16)11-19(14-26)23(28)27-20-8-4-7-18(13-20)24(29)30/h1-13H,15H2,(H,27,28)(H,29,30)/b19-11-. The average molecular weight is 524 g/mol. The number of benzene rings is 3. The molecule has 0 aliphatic heterocycles. The van der Waals surface area contributed by atoms with Crippen molar-refractivity contribution in [1.82, 2.24) is 0 Å². The fourth-order valence-electron chi connectivity index (χ4n) is 2.70. The lowest BCUT2D eigenvalue weighted by atomic mass is 10.1. The Morgan fingerprint density at radius 1 is 1.06 bits per heavy atom. The number of carboxylic acid groups (broad SMARTS) is 1. The van der Waals surface area contributed by atoms with E-state index in [1.54, 1.807) is 18.2 Å². The third-order valence-corrected chi connectivity index (χ3v) is 5.08. The highest BCUT2D eigenvalue weighted by Crippen LogP contribution is 2.24. The van der Waals surface area contributed by atoms with Gasteiger partial charge < -0.3 is 15.2 Å². The molecule has 0 atom stereocenters. The van der Waals surface area contributed by atoms with Crippen molar-refractivity contribution in [3.63, 3.8) is 0 Å². The van der Waals surface area contributed by atoms with Gasteiger partial charge in [-0.25, -0.2) is 4.79 Å². The van der Waals surface area contributed by atoms with Gasteiger partial charge in [-0.05, 0) is 70.1 Å². The van der Waals surface area contributed by atoms with Crippen LogP contribution in [0.25, 0.3) is 6.08 Å². The number of carboxylic acids is 1. The number of halogens is 1. The van der Waals surface area contributed by atoms with E-state index in [2.05, 4.69) is 27.9 Å². The zero-order valence-electron chi connectivity index (χ0n) is 16.2. The lowest BCUT2D eigenvalue weighted by Gasteiger charge is -2.09. The van der Waals surface area contributed by atoms with Crippen LogP contribution in [0.2, 0.25) is 0 Å². The van der Waals surface area contributed by atoms with Crippen LogP contribution in [-0.2, 0) is 11.4 Å². The molecule has 3 aromatic rings. The van der Waals surface area contributed by atoms with Crippen LogP contribution in [0, 0.1) is 14.9 Å². The second kappa shape index (κ2) is 10.4. The molecule has 1 amide bonds. The number of aromatic carboxylic acids is 1. The molecular weight excluding hydrogens is 507 g/mol. The Balaban J connectivity index is 1.72. The van der Waals surface area contributed by atoms with Crippen molar-refractivity contribution in [3.8, 4) is 11.8 Å². The van der Waals surface area contributed by atoms with Gasteiger partial charge in [0.05, 0.1) is 9.13 Å². The minimum atomic E-state index is -1.10. The van der Waals surface area contributed by atoms with Crippen molar-refractivity contribution in [3.05, 3.63) is 98.6 Å². The number of nitriles is 1. The summed E-state index contributed by atoms with van der Waals surface area (Å²) in [5.41, 5.74) is 1.96. The van der Waals surface area contributed by atoms with Crippen LogP contribution < -0.4 is 10.1 Å². The molecule has 0 aliphatic rings. The average Bonchev–Trinajstić information content (AvgIpc) is 2.77. The number of hydrogen-bond donors (Lipinski definition) is 2. The molecule has 31 heavy (non-hydrogen) atoms. The van der Waals surface area contributed by atoms with E-state index in [4.69, 9.17) is 9.84 Å². The van der Waals surface area contributed by atoms with Crippen molar-refractivity contribution < 1.29 is 19.4 Å². The van der Waals surface area contributed by atoms with Gasteiger partial charge in [0.2, 0.25) is 0 Å². The number of carbonyl (C=O) groups excluding carboxylic acids is 1. The Bertz CT molecular complexity index is 1180. The second-order valence-electron chi connectivity index (χ2n) is 6.47. The Morgan fingerprint density at radius 3 is 2.52 bits per heavy atom. The van der Waals surface area contributed by atoms with Gasteiger partial charge in [-0.1, -0.05) is 42.5 Å². The lowest BCUT2D eigenvalue weighted by molar-refractivity contribution is -0.112. The molecule has 2 N–H and O–H groups in total. The second-order valence-corrected chi connectivity index (χ2v) is 7.64. The number of rotatable bonds is 7. The molecule has 0 spiro atoms. The SMILES string of the molecule is N#C/C(=C/c1ccc(OCc2ccccc2)c(I)c1)C(=O)Nc1cccc(C(=O)O)c1. The zero-order chi connectivity index (χ0) is 22.2. The highest BCUT2D eigenvalue weighted by atomic mass is 127.